The topological polar surface area (TPSA) is 75.0 Å². The van der Waals surface area contributed by atoms with E-state index in [-0.39, 0.29) is 55.7 Å². The number of anilines is 1. The number of hydrogen-bond acceptors (Lipinski definition) is 5. The fourth-order valence-corrected chi connectivity index (χ4v) is 3.70. The van der Waals surface area contributed by atoms with Crippen LogP contribution in [-0.2, 0) is 0 Å². The number of halogens is 1. The molecule has 1 atom stereocenters. The Bertz CT molecular complexity index is 1160. The number of aromatic nitrogens is 1. The van der Waals surface area contributed by atoms with Crippen LogP contribution in [0.15, 0.2) is 17.1 Å². The van der Waals surface area contributed by atoms with Gasteiger partial charge in [-0.3, -0.25) is 4.79 Å². The lowest BCUT2D eigenvalue weighted by atomic mass is 10.1. The fourth-order valence-electron chi connectivity index (χ4n) is 3.70. The van der Waals surface area contributed by atoms with Crippen molar-refractivity contribution in [2.45, 2.75) is 19.8 Å². The van der Waals surface area contributed by atoms with E-state index in [0.717, 1.165) is 6.07 Å². The van der Waals surface area contributed by atoms with Gasteiger partial charge in [0.15, 0.2) is 11.6 Å². The molecule has 0 bridgehead atoms. The van der Waals surface area contributed by atoms with Gasteiger partial charge in [0.2, 0.25) is 5.43 Å². The molecule has 2 aliphatic heterocycles. The van der Waals surface area contributed by atoms with Crippen molar-refractivity contribution < 1.29 is 25.9 Å². The first kappa shape index (κ1) is 12.7. The van der Waals surface area contributed by atoms with E-state index < -0.39 is 36.1 Å². The normalized spacial score (nSPS) is 23.7. The lowest BCUT2D eigenvalue weighted by Crippen LogP contribution is -2.46. The van der Waals surface area contributed by atoms with Crippen LogP contribution in [0.1, 0.15) is 37.0 Å². The lowest BCUT2D eigenvalue weighted by Gasteiger charge is -2.37. The predicted octanol–water partition coefficient (Wildman–Crippen LogP) is 1.93. The van der Waals surface area contributed by atoms with Gasteiger partial charge in [0.1, 0.15) is 17.9 Å². The molecule has 1 aromatic carbocycles. The Kier molecular flexibility index (Phi) is 3.07. The summed E-state index contributed by atoms with van der Waals surface area (Å²) in [4.78, 5) is 27.0. The maximum Gasteiger partial charge on any atom is 0.341 e. The SMILES string of the molecule is [2H]C([2H])([2H])C([2H])([2H])N1CCN(c2c(F)cc3c(=O)c(C(=O)O)cn4c3c2OC[C@@H]4C)CC1. The van der Waals surface area contributed by atoms with Crippen molar-refractivity contribution in [3.05, 3.63) is 33.9 Å². The van der Waals surface area contributed by atoms with Gasteiger partial charge in [-0.1, -0.05) is 6.85 Å². The van der Waals surface area contributed by atoms with E-state index in [0.29, 0.717) is 5.52 Å². The molecule has 27 heavy (non-hydrogen) atoms. The van der Waals surface area contributed by atoms with Crippen LogP contribution >= 0.6 is 0 Å². The molecule has 0 saturated carbocycles. The third-order valence-corrected chi connectivity index (χ3v) is 5.13. The second-order valence-corrected chi connectivity index (χ2v) is 6.76. The second kappa shape index (κ2) is 6.53. The number of hydrogen-bond donors (Lipinski definition) is 1. The molecule has 1 aromatic heterocycles. The molecular formula is C19H22FN3O4. The monoisotopic (exact) mass is 380 g/mol. The zero-order valence-electron chi connectivity index (χ0n) is 19.7. The third kappa shape index (κ3) is 2.75. The van der Waals surface area contributed by atoms with Crippen molar-refractivity contribution in [2.24, 2.45) is 0 Å². The van der Waals surface area contributed by atoms with Gasteiger partial charge < -0.3 is 24.2 Å². The highest BCUT2D eigenvalue weighted by Gasteiger charge is 2.31. The average molecular weight is 380 g/mol. The first-order chi connectivity index (χ1) is 14.8. The van der Waals surface area contributed by atoms with Gasteiger partial charge in [-0.05, 0) is 19.5 Å². The molecule has 144 valence electrons. The Hall–Kier alpha value is -2.61. The van der Waals surface area contributed by atoms with Gasteiger partial charge in [-0.2, -0.15) is 0 Å². The summed E-state index contributed by atoms with van der Waals surface area (Å²) in [6.07, 6.45) is 1.24. The Morgan fingerprint density at radius 1 is 1.44 bits per heavy atom. The number of ether oxygens (including phenoxy) is 1. The Labute approximate surface area is 162 Å². The quantitative estimate of drug-likeness (QED) is 0.877. The molecule has 0 spiro atoms. The molecule has 3 heterocycles. The summed E-state index contributed by atoms with van der Waals surface area (Å²) in [5.74, 6) is -2.04. The van der Waals surface area contributed by atoms with Crippen molar-refractivity contribution in [1.29, 1.82) is 0 Å². The summed E-state index contributed by atoms with van der Waals surface area (Å²) in [5, 5.41) is 9.28. The van der Waals surface area contributed by atoms with Crippen molar-refractivity contribution in [3.8, 4) is 5.75 Å². The van der Waals surface area contributed by atoms with Crippen molar-refractivity contribution in [2.75, 3.05) is 44.2 Å². The van der Waals surface area contributed by atoms with E-state index in [9.17, 15) is 14.7 Å². The summed E-state index contributed by atoms with van der Waals surface area (Å²) < 4.78 is 60.8. The van der Waals surface area contributed by atoms with Gasteiger partial charge in [0, 0.05) is 39.2 Å². The van der Waals surface area contributed by atoms with Crippen LogP contribution in [0.3, 0.4) is 0 Å². The molecule has 1 N–H and O–H groups in total. The van der Waals surface area contributed by atoms with Crippen LogP contribution in [-0.4, -0.2) is 59.8 Å². The number of aromatic carboxylic acids is 1. The molecule has 2 aromatic rings. The van der Waals surface area contributed by atoms with Crippen LogP contribution in [0.2, 0.25) is 0 Å². The fraction of sp³-hybridized carbons (Fsp3) is 0.474. The summed E-state index contributed by atoms with van der Waals surface area (Å²) in [5.41, 5.74) is -0.862. The van der Waals surface area contributed by atoms with Crippen LogP contribution < -0.4 is 15.1 Å². The molecule has 4 rings (SSSR count). The molecule has 0 amide bonds. The molecule has 1 saturated heterocycles. The van der Waals surface area contributed by atoms with E-state index in [1.54, 1.807) is 16.4 Å². The summed E-state index contributed by atoms with van der Waals surface area (Å²) >= 11 is 0. The number of benzene rings is 1. The Balaban J connectivity index is 1.78. The number of carboxylic acids is 1. The maximum atomic E-state index is 15.2. The van der Waals surface area contributed by atoms with Crippen LogP contribution in [0.5, 0.6) is 5.75 Å². The van der Waals surface area contributed by atoms with Gasteiger partial charge >= 0.3 is 5.97 Å². The van der Waals surface area contributed by atoms with Gasteiger partial charge in [-0.25, -0.2) is 9.18 Å². The van der Waals surface area contributed by atoms with Crippen molar-refractivity contribution >= 4 is 22.6 Å². The summed E-state index contributed by atoms with van der Waals surface area (Å²) in [6.45, 7) is -3.05. The van der Waals surface area contributed by atoms with Crippen LogP contribution in [0.25, 0.3) is 10.9 Å². The number of likely N-dealkylation sites (N-methyl/N-ethyl adjacent to an activating group) is 1. The summed E-state index contributed by atoms with van der Waals surface area (Å²) in [6, 6.07) is 0.722. The number of rotatable bonds is 3. The molecule has 2 aliphatic rings. The highest BCUT2D eigenvalue weighted by Crippen LogP contribution is 2.42. The second-order valence-electron chi connectivity index (χ2n) is 6.76. The van der Waals surface area contributed by atoms with Crippen molar-refractivity contribution in [1.82, 2.24) is 9.47 Å². The smallest absolute Gasteiger partial charge is 0.341 e. The lowest BCUT2D eigenvalue weighted by molar-refractivity contribution is 0.0694. The van der Waals surface area contributed by atoms with Crippen molar-refractivity contribution in [3.63, 3.8) is 0 Å². The van der Waals surface area contributed by atoms with E-state index in [1.165, 1.54) is 11.1 Å². The third-order valence-electron chi connectivity index (χ3n) is 5.13. The zero-order chi connectivity index (χ0) is 23.6. The minimum atomic E-state index is -2.83. The van der Waals surface area contributed by atoms with Gasteiger partial charge in [-0.15, -0.1) is 0 Å². The Morgan fingerprint density at radius 3 is 2.85 bits per heavy atom. The minimum Gasteiger partial charge on any atom is -0.487 e. The van der Waals surface area contributed by atoms with Crippen LogP contribution in [0.4, 0.5) is 10.1 Å². The van der Waals surface area contributed by atoms with E-state index >= 15 is 4.39 Å². The number of carbonyl (C=O) groups is 1. The first-order valence-corrected chi connectivity index (χ1v) is 8.62. The number of nitrogens with zero attached hydrogens (tertiary/aromatic N) is 3. The van der Waals surface area contributed by atoms with E-state index in [1.807, 2.05) is 0 Å². The van der Waals surface area contributed by atoms with Gasteiger partial charge in [0.05, 0.1) is 16.9 Å². The number of pyridine rings is 1. The maximum absolute atomic E-state index is 15.2. The van der Waals surface area contributed by atoms with E-state index in [4.69, 9.17) is 11.6 Å². The molecule has 0 radical (unpaired) electrons. The average Bonchev–Trinajstić information content (AvgIpc) is 2.71. The molecule has 1 fully saturated rings. The van der Waals surface area contributed by atoms with Crippen LogP contribution in [0, 0.1) is 5.82 Å². The highest BCUT2D eigenvalue weighted by molar-refractivity contribution is 5.97. The highest BCUT2D eigenvalue weighted by atomic mass is 19.1. The number of piperazine rings is 1. The Morgan fingerprint density at radius 2 is 2.19 bits per heavy atom. The molecule has 0 aliphatic carbocycles. The van der Waals surface area contributed by atoms with E-state index in [2.05, 4.69) is 0 Å². The first-order valence-electron chi connectivity index (χ1n) is 11.1. The predicted molar refractivity (Wildman–Crippen MR) is 99.7 cm³/mol. The standard InChI is InChI=1S/C19H22FN3O4/c1-3-21-4-6-22(7-5-21)16-14(20)8-12-15-18(16)27-10-11(2)23(15)9-13(17(12)24)19(25)26/h8-9,11H,3-7,10H2,1-2H3,(H,25,26)/t11-/m0/s1/i1D3,3D2. The van der Waals surface area contributed by atoms with Gasteiger partial charge in [0.25, 0.3) is 0 Å². The number of carboxylic acid groups (broad SMARTS) is 1. The zero-order valence-corrected chi connectivity index (χ0v) is 14.7. The molecular weight excluding hydrogens is 353 g/mol. The summed E-state index contributed by atoms with van der Waals surface area (Å²) in [7, 11) is 0. The molecule has 8 heteroatoms. The molecule has 7 nitrogen and oxygen atoms in total. The largest absolute Gasteiger partial charge is 0.487 e. The molecule has 0 unspecified atom stereocenters. The minimum absolute atomic E-state index is 0.0451.